The molecule has 38 heavy (non-hydrogen) atoms. The van der Waals surface area contributed by atoms with Crippen LogP contribution in [0.3, 0.4) is 0 Å². The number of nitrogens with one attached hydrogen (secondary N) is 1. The van der Waals surface area contributed by atoms with Crippen molar-refractivity contribution in [2.24, 2.45) is 5.92 Å². The highest BCUT2D eigenvalue weighted by Gasteiger charge is 2.84. The molecular formula is C25H31NO12. The van der Waals surface area contributed by atoms with Crippen molar-refractivity contribution in [3.05, 3.63) is 47.5 Å². The molecule has 1 aromatic rings. The van der Waals surface area contributed by atoms with Crippen molar-refractivity contribution in [3.8, 4) is 0 Å². The van der Waals surface area contributed by atoms with Gasteiger partial charge in [0.2, 0.25) is 23.2 Å². The van der Waals surface area contributed by atoms with Gasteiger partial charge in [0, 0.05) is 19.9 Å². The van der Waals surface area contributed by atoms with E-state index in [4.69, 9.17) is 9.47 Å². The first kappa shape index (κ1) is 29.2. The first-order chi connectivity index (χ1) is 17.7. The molecule has 1 amide bonds. The third kappa shape index (κ3) is 4.90. The number of hydrogen-bond acceptors (Lipinski definition) is 9. The van der Waals surface area contributed by atoms with Crippen LogP contribution >= 0.6 is 0 Å². The Labute approximate surface area is 217 Å². The van der Waals surface area contributed by atoms with Crippen LogP contribution in [0.1, 0.15) is 32.3 Å². The summed E-state index contributed by atoms with van der Waals surface area (Å²) in [6.45, 7) is 3.28. The number of ether oxygens (including phenoxy) is 2. The van der Waals surface area contributed by atoms with Gasteiger partial charge in [-0.3, -0.25) is 4.79 Å². The SMILES string of the molecule is CC(=O)NC/C(=C\C(C)Cc1ccccc1)CCC12OC(C(=O)O)C(O)(C(=O)O)C(C(=O)O)(O1)C(O)C2O. The minimum absolute atomic E-state index is 0.0449. The number of aliphatic hydroxyl groups is 3. The summed E-state index contributed by atoms with van der Waals surface area (Å²) in [5.41, 5.74) is -5.61. The molecule has 7 atom stereocenters. The van der Waals surface area contributed by atoms with E-state index in [-0.39, 0.29) is 24.8 Å². The molecule has 0 aromatic heterocycles. The lowest BCUT2D eigenvalue weighted by Crippen LogP contribution is -2.77. The molecule has 208 valence electrons. The van der Waals surface area contributed by atoms with E-state index in [1.807, 2.05) is 43.3 Å². The first-order valence-corrected chi connectivity index (χ1v) is 11.8. The van der Waals surface area contributed by atoms with Crippen LogP contribution in [0.2, 0.25) is 0 Å². The summed E-state index contributed by atoms with van der Waals surface area (Å²) in [4.78, 5) is 47.7. The van der Waals surface area contributed by atoms with E-state index in [0.29, 0.717) is 12.0 Å². The fourth-order valence-electron chi connectivity index (χ4n) is 5.07. The Kier molecular flexibility index (Phi) is 8.29. The summed E-state index contributed by atoms with van der Waals surface area (Å²) in [7, 11) is 0. The summed E-state index contributed by atoms with van der Waals surface area (Å²) in [5, 5.41) is 64.0. The smallest absolute Gasteiger partial charge is 0.343 e. The zero-order valence-corrected chi connectivity index (χ0v) is 20.7. The lowest BCUT2D eigenvalue weighted by atomic mass is 9.74. The van der Waals surface area contributed by atoms with Crippen molar-refractivity contribution >= 4 is 23.8 Å². The zero-order chi connectivity index (χ0) is 28.5. The average molecular weight is 538 g/mol. The van der Waals surface area contributed by atoms with Gasteiger partial charge in [0.05, 0.1) is 0 Å². The van der Waals surface area contributed by atoms with Crippen molar-refractivity contribution in [2.45, 2.75) is 68.4 Å². The first-order valence-electron chi connectivity index (χ1n) is 11.8. The van der Waals surface area contributed by atoms with Gasteiger partial charge in [-0.15, -0.1) is 0 Å². The van der Waals surface area contributed by atoms with Crippen LogP contribution in [-0.2, 0) is 35.1 Å². The second kappa shape index (κ2) is 10.8. The minimum Gasteiger partial charge on any atom is -0.479 e. The van der Waals surface area contributed by atoms with E-state index in [1.54, 1.807) is 0 Å². The summed E-state index contributed by atoms with van der Waals surface area (Å²) < 4.78 is 10.7. The number of rotatable bonds is 11. The molecule has 2 aliphatic heterocycles. The molecular weight excluding hydrogens is 506 g/mol. The number of fused-ring (bicyclic) bond motifs is 2. The second-order valence-corrected chi connectivity index (χ2v) is 9.65. The van der Waals surface area contributed by atoms with Gasteiger partial charge in [-0.05, 0) is 24.3 Å². The summed E-state index contributed by atoms with van der Waals surface area (Å²) in [6, 6.07) is 9.54. The van der Waals surface area contributed by atoms with E-state index in [0.717, 1.165) is 5.56 Å². The van der Waals surface area contributed by atoms with Gasteiger partial charge in [0.15, 0.2) is 5.79 Å². The fourth-order valence-corrected chi connectivity index (χ4v) is 5.07. The van der Waals surface area contributed by atoms with E-state index in [9.17, 15) is 49.8 Å². The van der Waals surface area contributed by atoms with Crippen LogP contribution in [-0.4, -0.2) is 96.3 Å². The summed E-state index contributed by atoms with van der Waals surface area (Å²) >= 11 is 0. The van der Waals surface area contributed by atoms with Gasteiger partial charge in [0.1, 0.15) is 12.2 Å². The van der Waals surface area contributed by atoms with Gasteiger partial charge in [-0.1, -0.05) is 48.9 Å². The maximum atomic E-state index is 12.2. The Morgan fingerprint density at radius 3 is 2.21 bits per heavy atom. The summed E-state index contributed by atoms with van der Waals surface area (Å²) in [5.74, 6) is -9.46. The second-order valence-electron chi connectivity index (χ2n) is 9.65. The Morgan fingerprint density at radius 2 is 1.68 bits per heavy atom. The van der Waals surface area contributed by atoms with Crippen molar-refractivity contribution < 1.29 is 59.3 Å². The van der Waals surface area contributed by atoms with Crippen LogP contribution in [0.5, 0.6) is 0 Å². The summed E-state index contributed by atoms with van der Waals surface area (Å²) in [6.07, 6.45) is -5.52. The molecule has 13 nitrogen and oxygen atoms in total. The van der Waals surface area contributed by atoms with Crippen LogP contribution in [0.4, 0.5) is 0 Å². The van der Waals surface area contributed by atoms with Crippen molar-refractivity contribution in [1.29, 1.82) is 0 Å². The van der Waals surface area contributed by atoms with Crippen LogP contribution in [0.15, 0.2) is 42.0 Å². The normalized spacial score (nSPS) is 33.4. The molecule has 0 radical (unpaired) electrons. The highest BCUT2D eigenvalue weighted by molar-refractivity contribution is 5.97. The van der Waals surface area contributed by atoms with Gasteiger partial charge in [0.25, 0.3) is 0 Å². The molecule has 13 heteroatoms. The fraction of sp³-hybridized carbons (Fsp3) is 0.520. The molecule has 2 fully saturated rings. The monoisotopic (exact) mass is 537 g/mol. The molecule has 2 saturated heterocycles. The molecule has 0 spiro atoms. The molecule has 0 aliphatic carbocycles. The third-order valence-corrected chi connectivity index (χ3v) is 6.91. The molecule has 2 bridgehead atoms. The highest BCUT2D eigenvalue weighted by atomic mass is 16.8. The molecule has 2 heterocycles. The lowest BCUT2D eigenvalue weighted by molar-refractivity contribution is -0.373. The minimum atomic E-state index is -3.79. The number of aliphatic hydroxyl groups excluding tert-OH is 2. The Balaban J connectivity index is 1.96. The molecule has 0 saturated carbocycles. The number of carboxylic acids is 3. The predicted molar refractivity (Wildman–Crippen MR) is 127 cm³/mol. The Bertz CT molecular complexity index is 1120. The number of allylic oxidation sites excluding steroid dienone is 1. The van der Waals surface area contributed by atoms with E-state index >= 15 is 0 Å². The van der Waals surface area contributed by atoms with Gasteiger partial charge in [-0.25, -0.2) is 14.4 Å². The van der Waals surface area contributed by atoms with Crippen molar-refractivity contribution in [2.75, 3.05) is 6.54 Å². The lowest BCUT2D eigenvalue weighted by Gasteiger charge is -2.48. The standard InChI is InChI=1S/C25H31NO12/c1-13(10-15-6-4-3-5-7-15)11-16(12-26-14(2)27)8-9-23-17(28)18(29)25(38-23,22(34)35)24(36,21(32)33)19(37-23)20(30)31/h3-7,11,13,17-19,28-29,36H,8-10,12H2,1-2H3,(H,26,27)(H,30,31)(H,32,33)(H,34,35)/b16-11-. The van der Waals surface area contributed by atoms with Crippen molar-refractivity contribution in [1.82, 2.24) is 5.32 Å². The largest absolute Gasteiger partial charge is 0.479 e. The average Bonchev–Trinajstić information content (AvgIpc) is 3.04. The number of amides is 1. The Hall–Kier alpha value is -3.36. The predicted octanol–water partition coefficient (Wildman–Crippen LogP) is -0.721. The Morgan fingerprint density at radius 1 is 1.05 bits per heavy atom. The van der Waals surface area contributed by atoms with Crippen LogP contribution < -0.4 is 5.32 Å². The third-order valence-electron chi connectivity index (χ3n) is 6.91. The number of carbonyl (C=O) groups excluding carboxylic acids is 1. The number of benzene rings is 1. The number of aliphatic carboxylic acids is 3. The van der Waals surface area contributed by atoms with E-state index < -0.39 is 59.6 Å². The molecule has 1 aromatic carbocycles. The maximum absolute atomic E-state index is 12.2. The number of carboxylic acid groups (broad SMARTS) is 3. The molecule has 7 N–H and O–H groups in total. The van der Waals surface area contributed by atoms with Crippen LogP contribution in [0, 0.1) is 5.92 Å². The molecule has 7 unspecified atom stereocenters. The number of carbonyl (C=O) groups is 4. The highest BCUT2D eigenvalue weighted by Crippen LogP contribution is 2.54. The van der Waals surface area contributed by atoms with E-state index in [2.05, 4.69) is 5.32 Å². The molecule has 2 aliphatic rings. The topological polar surface area (TPSA) is 220 Å². The molecule has 3 rings (SSSR count). The quantitative estimate of drug-likeness (QED) is 0.174. The number of hydrogen-bond donors (Lipinski definition) is 7. The van der Waals surface area contributed by atoms with E-state index in [1.165, 1.54) is 6.92 Å². The van der Waals surface area contributed by atoms with Gasteiger partial charge >= 0.3 is 17.9 Å². The van der Waals surface area contributed by atoms with Crippen molar-refractivity contribution in [3.63, 3.8) is 0 Å². The van der Waals surface area contributed by atoms with Gasteiger partial charge in [-0.2, -0.15) is 0 Å². The van der Waals surface area contributed by atoms with Gasteiger partial charge < -0.3 is 45.4 Å². The van der Waals surface area contributed by atoms with Crippen LogP contribution in [0.25, 0.3) is 0 Å². The zero-order valence-electron chi connectivity index (χ0n) is 20.7. The maximum Gasteiger partial charge on any atom is 0.343 e.